The summed E-state index contributed by atoms with van der Waals surface area (Å²) in [5.74, 6) is 1.38. The van der Waals surface area contributed by atoms with Gasteiger partial charge in [0, 0.05) is 37.7 Å². The molecule has 0 aliphatic carbocycles. The lowest BCUT2D eigenvalue weighted by Crippen LogP contribution is -2.45. The summed E-state index contributed by atoms with van der Waals surface area (Å²) in [6, 6.07) is 10.4. The van der Waals surface area contributed by atoms with Gasteiger partial charge in [0.15, 0.2) is 5.79 Å². The molecule has 1 N–H and O–H groups in total. The lowest BCUT2D eigenvalue weighted by atomic mass is 9.86. The van der Waals surface area contributed by atoms with Gasteiger partial charge in [-0.1, -0.05) is 39.0 Å². The van der Waals surface area contributed by atoms with Crippen LogP contribution >= 0.6 is 0 Å². The quantitative estimate of drug-likeness (QED) is 0.888. The highest BCUT2D eigenvalue weighted by Crippen LogP contribution is 2.34. The molecule has 0 atom stereocenters. The van der Waals surface area contributed by atoms with Crippen LogP contribution in [0.2, 0.25) is 0 Å². The van der Waals surface area contributed by atoms with E-state index >= 15 is 0 Å². The minimum Gasteiger partial charge on any atom is -0.356 e. The maximum atomic E-state index is 5.82. The number of nitrogens with zero attached hydrogens (tertiary/aromatic N) is 3. The molecule has 0 saturated carbocycles. The molecular weight excluding hydrogens is 340 g/mol. The summed E-state index contributed by atoms with van der Waals surface area (Å²) in [7, 11) is 0. The van der Waals surface area contributed by atoms with E-state index < -0.39 is 0 Å². The molecule has 1 spiro atoms. The number of hydrogen-bond donors (Lipinski definition) is 1. The van der Waals surface area contributed by atoms with Crippen molar-refractivity contribution in [3.8, 4) is 0 Å². The summed E-state index contributed by atoms with van der Waals surface area (Å²) in [6.07, 6.45) is 3.36. The fraction of sp³-hybridized carbons (Fsp3) is 0.524. The highest BCUT2D eigenvalue weighted by atomic mass is 16.7. The Hall–Kier alpha value is -2.18. The fourth-order valence-corrected chi connectivity index (χ4v) is 3.83. The third-order valence-corrected chi connectivity index (χ3v) is 5.31. The van der Waals surface area contributed by atoms with Gasteiger partial charge in [-0.15, -0.1) is 0 Å². The molecule has 0 unspecified atom stereocenters. The van der Waals surface area contributed by atoms with Crippen molar-refractivity contribution in [3.05, 3.63) is 42.2 Å². The first-order valence-corrected chi connectivity index (χ1v) is 9.67. The Bertz CT molecular complexity index is 787. The van der Waals surface area contributed by atoms with Crippen LogP contribution in [-0.2, 0) is 14.9 Å². The van der Waals surface area contributed by atoms with Crippen molar-refractivity contribution >= 4 is 17.3 Å². The summed E-state index contributed by atoms with van der Waals surface area (Å²) in [6.45, 7) is 9.80. The number of para-hydroxylation sites is 1. The molecule has 0 bridgehead atoms. The predicted octanol–water partition coefficient (Wildman–Crippen LogP) is 3.86. The van der Waals surface area contributed by atoms with Gasteiger partial charge in [-0.2, -0.15) is 0 Å². The Labute approximate surface area is 160 Å². The third-order valence-electron chi connectivity index (χ3n) is 5.31. The first-order valence-electron chi connectivity index (χ1n) is 9.67. The van der Waals surface area contributed by atoms with Crippen molar-refractivity contribution in [3.63, 3.8) is 0 Å². The van der Waals surface area contributed by atoms with E-state index in [4.69, 9.17) is 9.47 Å². The van der Waals surface area contributed by atoms with Crippen LogP contribution in [0.3, 0.4) is 0 Å². The van der Waals surface area contributed by atoms with Gasteiger partial charge in [0.05, 0.1) is 13.2 Å². The van der Waals surface area contributed by atoms with Gasteiger partial charge >= 0.3 is 0 Å². The minimum absolute atomic E-state index is 0.0575. The van der Waals surface area contributed by atoms with Crippen molar-refractivity contribution in [2.45, 2.75) is 44.8 Å². The number of nitrogens with one attached hydrogen (secondary N) is 1. The van der Waals surface area contributed by atoms with Gasteiger partial charge in [0.1, 0.15) is 18.0 Å². The summed E-state index contributed by atoms with van der Waals surface area (Å²) in [5.41, 5.74) is 2.41. The van der Waals surface area contributed by atoms with Gasteiger partial charge in [-0.25, -0.2) is 9.97 Å². The van der Waals surface area contributed by atoms with Gasteiger partial charge < -0.3 is 19.7 Å². The maximum Gasteiger partial charge on any atom is 0.171 e. The first-order chi connectivity index (χ1) is 13.0. The monoisotopic (exact) mass is 368 g/mol. The normalized spacial score (nSPS) is 19.4. The van der Waals surface area contributed by atoms with Crippen molar-refractivity contribution in [2.24, 2.45) is 0 Å². The standard InChI is InChI=1S/C21H28N4O2/c1-20(2,3)16-6-4-5-7-17(16)24-18-14-19(23-15-22-18)25-10-8-21(9-11-25)26-12-13-27-21/h4-7,14-15H,8-13H2,1-3H3,(H,22,23,24). The summed E-state index contributed by atoms with van der Waals surface area (Å²) in [5, 5.41) is 3.48. The number of rotatable bonds is 3. The molecule has 2 fully saturated rings. The van der Waals surface area contributed by atoms with E-state index in [1.165, 1.54) is 5.56 Å². The summed E-state index contributed by atoms with van der Waals surface area (Å²) >= 11 is 0. The molecule has 2 aliphatic heterocycles. The topological polar surface area (TPSA) is 59.5 Å². The molecule has 2 aromatic rings. The lowest BCUT2D eigenvalue weighted by Gasteiger charge is -2.38. The first kappa shape index (κ1) is 18.2. The number of piperidine rings is 1. The minimum atomic E-state index is -0.365. The van der Waals surface area contributed by atoms with Crippen LogP contribution in [0.25, 0.3) is 0 Å². The van der Waals surface area contributed by atoms with Crippen molar-refractivity contribution < 1.29 is 9.47 Å². The number of anilines is 3. The zero-order valence-electron chi connectivity index (χ0n) is 16.4. The van der Waals surface area contributed by atoms with Gasteiger partial charge in [-0.05, 0) is 17.0 Å². The molecule has 2 saturated heterocycles. The Morgan fingerprint density at radius 2 is 1.74 bits per heavy atom. The zero-order valence-corrected chi connectivity index (χ0v) is 16.4. The van der Waals surface area contributed by atoms with Crippen LogP contribution in [0.4, 0.5) is 17.3 Å². The summed E-state index contributed by atoms with van der Waals surface area (Å²) in [4.78, 5) is 11.2. The Morgan fingerprint density at radius 1 is 1.04 bits per heavy atom. The molecule has 6 heteroatoms. The summed E-state index contributed by atoms with van der Waals surface area (Å²) < 4.78 is 11.6. The molecule has 3 heterocycles. The van der Waals surface area contributed by atoms with Crippen LogP contribution in [-0.4, -0.2) is 42.1 Å². The van der Waals surface area contributed by atoms with E-state index in [-0.39, 0.29) is 11.2 Å². The van der Waals surface area contributed by atoms with E-state index in [1.807, 2.05) is 12.1 Å². The number of aromatic nitrogens is 2. The highest BCUT2D eigenvalue weighted by Gasteiger charge is 2.40. The van der Waals surface area contributed by atoms with Crippen LogP contribution in [0.5, 0.6) is 0 Å². The average molecular weight is 368 g/mol. The average Bonchev–Trinajstić information content (AvgIpc) is 3.10. The van der Waals surface area contributed by atoms with E-state index in [1.54, 1.807) is 6.33 Å². The largest absolute Gasteiger partial charge is 0.356 e. The molecule has 0 radical (unpaired) electrons. The molecule has 6 nitrogen and oxygen atoms in total. The molecule has 0 amide bonds. The molecule has 144 valence electrons. The molecule has 1 aromatic heterocycles. The Kier molecular flexibility index (Phi) is 4.78. The second kappa shape index (κ2) is 7.09. The molecule has 2 aliphatic rings. The fourth-order valence-electron chi connectivity index (χ4n) is 3.83. The van der Waals surface area contributed by atoms with Crippen molar-refractivity contribution in [1.29, 1.82) is 0 Å². The second-order valence-corrected chi connectivity index (χ2v) is 8.28. The van der Waals surface area contributed by atoms with Gasteiger partial charge in [0.25, 0.3) is 0 Å². The van der Waals surface area contributed by atoms with E-state index in [0.717, 1.165) is 43.3 Å². The molecular formula is C21H28N4O2. The Morgan fingerprint density at radius 3 is 2.44 bits per heavy atom. The third kappa shape index (κ3) is 3.92. The highest BCUT2D eigenvalue weighted by molar-refractivity contribution is 5.64. The van der Waals surface area contributed by atoms with Crippen molar-refractivity contribution in [2.75, 3.05) is 36.5 Å². The van der Waals surface area contributed by atoms with Gasteiger partial charge in [-0.3, -0.25) is 0 Å². The van der Waals surface area contributed by atoms with E-state index in [2.05, 4.69) is 59.2 Å². The number of benzene rings is 1. The SMILES string of the molecule is CC(C)(C)c1ccccc1Nc1cc(N2CCC3(CC2)OCCO3)ncn1. The van der Waals surface area contributed by atoms with E-state index in [9.17, 15) is 0 Å². The molecule has 4 rings (SSSR count). The second-order valence-electron chi connectivity index (χ2n) is 8.28. The van der Waals surface area contributed by atoms with Crippen molar-refractivity contribution in [1.82, 2.24) is 9.97 Å². The molecule has 1 aromatic carbocycles. The predicted molar refractivity (Wildman–Crippen MR) is 107 cm³/mol. The van der Waals surface area contributed by atoms with Crippen LogP contribution in [0.15, 0.2) is 36.7 Å². The smallest absolute Gasteiger partial charge is 0.171 e. The lowest BCUT2D eigenvalue weighted by molar-refractivity contribution is -0.169. The van der Waals surface area contributed by atoms with Gasteiger partial charge in [0.2, 0.25) is 0 Å². The number of ether oxygens (including phenoxy) is 2. The molecule has 27 heavy (non-hydrogen) atoms. The van der Waals surface area contributed by atoms with Crippen LogP contribution in [0, 0.1) is 0 Å². The Balaban J connectivity index is 1.49. The zero-order chi connectivity index (χ0) is 18.9. The van der Waals surface area contributed by atoms with Crippen LogP contribution < -0.4 is 10.2 Å². The van der Waals surface area contributed by atoms with E-state index in [0.29, 0.717) is 13.2 Å². The number of hydrogen-bond acceptors (Lipinski definition) is 6. The maximum absolute atomic E-state index is 5.82. The van der Waals surface area contributed by atoms with Crippen LogP contribution in [0.1, 0.15) is 39.2 Å².